The summed E-state index contributed by atoms with van der Waals surface area (Å²) in [7, 11) is 0. The lowest BCUT2D eigenvalue weighted by molar-refractivity contribution is -0.385. The predicted octanol–water partition coefficient (Wildman–Crippen LogP) is 2.38. The molecular weight excluding hydrogens is 256 g/mol. The number of aromatic carboxylic acids is 1. The maximum absolute atomic E-state index is 10.9. The predicted molar refractivity (Wildman–Crippen MR) is 61.4 cm³/mol. The molecule has 0 atom stereocenters. The van der Waals surface area contributed by atoms with E-state index in [0.717, 1.165) is 6.26 Å². The second-order valence-electron chi connectivity index (χ2n) is 3.59. The number of benzene rings is 1. The molecule has 0 saturated heterocycles. The van der Waals surface area contributed by atoms with Gasteiger partial charge in [0.25, 0.3) is 0 Å². The van der Waals surface area contributed by atoms with Crippen LogP contribution in [-0.2, 0) is 0 Å². The number of aryl methyl sites for hydroxylation is 1. The molecule has 1 heterocycles. The van der Waals surface area contributed by atoms with Gasteiger partial charge in [0.1, 0.15) is 6.26 Å². The molecule has 0 aliphatic rings. The van der Waals surface area contributed by atoms with E-state index in [2.05, 4.69) is 4.98 Å². The summed E-state index contributed by atoms with van der Waals surface area (Å²) in [6, 6.07) is 4.39. The molecular formula is C11H8N2O6. The monoisotopic (exact) mass is 264 g/mol. The number of oxazole rings is 1. The molecule has 98 valence electrons. The topological polar surface area (TPSA) is 116 Å². The first-order chi connectivity index (χ1) is 8.99. The summed E-state index contributed by atoms with van der Waals surface area (Å²) < 4.78 is 9.93. The Morgan fingerprint density at radius 2 is 2.26 bits per heavy atom. The molecule has 2 rings (SSSR count). The fraction of sp³-hybridized carbons (Fsp3) is 0.0909. The molecule has 0 saturated carbocycles. The van der Waals surface area contributed by atoms with Crippen molar-refractivity contribution in [1.82, 2.24) is 4.98 Å². The third-order valence-corrected chi connectivity index (χ3v) is 2.28. The molecule has 2 aromatic rings. The molecule has 0 radical (unpaired) electrons. The number of nitro benzene ring substituents is 1. The van der Waals surface area contributed by atoms with E-state index in [4.69, 9.17) is 14.3 Å². The van der Waals surface area contributed by atoms with Gasteiger partial charge in [0.2, 0.25) is 5.75 Å². The fourth-order valence-electron chi connectivity index (χ4n) is 1.40. The van der Waals surface area contributed by atoms with Gasteiger partial charge in [-0.15, -0.1) is 0 Å². The van der Waals surface area contributed by atoms with Crippen LogP contribution in [0.15, 0.2) is 28.9 Å². The summed E-state index contributed by atoms with van der Waals surface area (Å²) in [6.45, 7) is 1.61. The van der Waals surface area contributed by atoms with Crippen LogP contribution in [0.4, 0.5) is 5.69 Å². The number of carboxylic acid groups (broad SMARTS) is 1. The highest BCUT2D eigenvalue weighted by Gasteiger charge is 2.20. The minimum absolute atomic E-state index is 0.0358. The van der Waals surface area contributed by atoms with E-state index in [1.54, 1.807) is 13.0 Å². The minimum atomic E-state index is -1.28. The van der Waals surface area contributed by atoms with Crippen LogP contribution in [0.3, 0.4) is 0 Å². The van der Waals surface area contributed by atoms with Crippen LogP contribution < -0.4 is 4.74 Å². The number of nitro groups is 1. The summed E-state index contributed by atoms with van der Waals surface area (Å²) in [5.74, 6) is -1.32. The standard InChI is InChI=1S/C11H8N2O6/c1-6-3-2-4-8(13(16)17)9(6)19-11-12-7(5-18-11)10(14)15/h2-5H,1H3,(H,14,15). The number of aromatic nitrogens is 1. The highest BCUT2D eigenvalue weighted by atomic mass is 16.6. The maximum Gasteiger partial charge on any atom is 0.400 e. The molecule has 1 aromatic carbocycles. The van der Waals surface area contributed by atoms with Crippen molar-refractivity contribution in [2.45, 2.75) is 6.92 Å². The van der Waals surface area contributed by atoms with Crippen LogP contribution >= 0.6 is 0 Å². The molecule has 8 heteroatoms. The summed E-state index contributed by atoms with van der Waals surface area (Å²) in [5.41, 5.74) is -0.0920. The first kappa shape index (κ1) is 12.6. The fourth-order valence-corrected chi connectivity index (χ4v) is 1.40. The van der Waals surface area contributed by atoms with Crippen molar-refractivity contribution >= 4 is 11.7 Å². The van der Waals surface area contributed by atoms with Crippen molar-refractivity contribution in [3.63, 3.8) is 0 Å². The van der Waals surface area contributed by atoms with Crippen molar-refractivity contribution in [1.29, 1.82) is 0 Å². The summed E-state index contributed by atoms with van der Waals surface area (Å²) in [6.07, 6.45) is 0.525. The Morgan fingerprint density at radius 3 is 2.84 bits per heavy atom. The Hall–Kier alpha value is -2.90. The number of nitrogens with zero attached hydrogens (tertiary/aromatic N) is 2. The van der Waals surface area contributed by atoms with E-state index in [1.807, 2.05) is 0 Å². The average Bonchev–Trinajstić information content (AvgIpc) is 2.80. The van der Waals surface area contributed by atoms with Gasteiger partial charge in [-0.05, 0) is 12.5 Å². The van der Waals surface area contributed by atoms with Crippen molar-refractivity contribution in [3.8, 4) is 11.8 Å². The number of hydrogen-bond acceptors (Lipinski definition) is 6. The molecule has 8 nitrogen and oxygen atoms in total. The molecule has 0 bridgehead atoms. The van der Waals surface area contributed by atoms with E-state index < -0.39 is 10.9 Å². The van der Waals surface area contributed by atoms with Crippen molar-refractivity contribution in [2.24, 2.45) is 0 Å². The van der Waals surface area contributed by atoms with E-state index in [-0.39, 0.29) is 23.2 Å². The minimum Gasteiger partial charge on any atom is -0.476 e. The SMILES string of the molecule is Cc1cccc([N+](=O)[O-])c1Oc1nc(C(=O)O)co1. The Morgan fingerprint density at radius 1 is 1.53 bits per heavy atom. The Labute approximate surface area is 106 Å². The van der Waals surface area contributed by atoms with Gasteiger partial charge in [-0.1, -0.05) is 12.1 Å². The summed E-state index contributed by atoms with van der Waals surface area (Å²) in [4.78, 5) is 24.4. The maximum atomic E-state index is 10.9. The Bertz CT molecular complexity index is 648. The van der Waals surface area contributed by atoms with Crippen molar-refractivity contribution in [3.05, 3.63) is 45.8 Å². The molecule has 0 aliphatic heterocycles. The van der Waals surface area contributed by atoms with Gasteiger partial charge in [0.05, 0.1) is 4.92 Å². The zero-order valence-corrected chi connectivity index (χ0v) is 9.69. The first-order valence-corrected chi connectivity index (χ1v) is 5.09. The van der Waals surface area contributed by atoms with Crippen LogP contribution in [0.2, 0.25) is 0 Å². The zero-order chi connectivity index (χ0) is 14.0. The molecule has 0 aliphatic carbocycles. The average molecular weight is 264 g/mol. The Balaban J connectivity index is 2.37. The van der Waals surface area contributed by atoms with Crippen LogP contribution in [0.25, 0.3) is 0 Å². The third kappa shape index (κ3) is 2.51. The first-order valence-electron chi connectivity index (χ1n) is 5.09. The lowest BCUT2D eigenvalue weighted by Gasteiger charge is -2.04. The molecule has 0 unspecified atom stereocenters. The number of rotatable bonds is 4. The smallest absolute Gasteiger partial charge is 0.400 e. The number of para-hydroxylation sites is 1. The van der Waals surface area contributed by atoms with Gasteiger partial charge in [0.15, 0.2) is 5.69 Å². The molecule has 0 spiro atoms. The van der Waals surface area contributed by atoms with Gasteiger partial charge < -0.3 is 14.3 Å². The second kappa shape index (κ2) is 4.77. The highest BCUT2D eigenvalue weighted by molar-refractivity contribution is 5.84. The molecule has 0 fully saturated rings. The zero-order valence-electron chi connectivity index (χ0n) is 9.69. The van der Waals surface area contributed by atoms with E-state index in [0.29, 0.717) is 5.56 Å². The molecule has 1 N–H and O–H groups in total. The normalized spacial score (nSPS) is 10.2. The number of carboxylic acids is 1. The van der Waals surface area contributed by atoms with Crippen LogP contribution in [0.5, 0.6) is 11.8 Å². The molecule has 1 aromatic heterocycles. The molecule has 0 amide bonds. The van der Waals surface area contributed by atoms with Crippen LogP contribution in [-0.4, -0.2) is 21.0 Å². The number of ether oxygens (including phenoxy) is 1. The van der Waals surface area contributed by atoms with Crippen LogP contribution in [0.1, 0.15) is 16.1 Å². The second-order valence-corrected chi connectivity index (χ2v) is 3.59. The lowest BCUT2D eigenvalue weighted by atomic mass is 10.2. The lowest BCUT2D eigenvalue weighted by Crippen LogP contribution is -1.98. The summed E-state index contributed by atoms with van der Waals surface area (Å²) >= 11 is 0. The number of carbonyl (C=O) groups is 1. The third-order valence-electron chi connectivity index (χ3n) is 2.28. The summed E-state index contributed by atoms with van der Waals surface area (Å²) in [5, 5.41) is 19.5. The number of hydrogen-bond donors (Lipinski definition) is 1. The highest BCUT2D eigenvalue weighted by Crippen LogP contribution is 2.33. The van der Waals surface area contributed by atoms with E-state index in [9.17, 15) is 14.9 Å². The largest absolute Gasteiger partial charge is 0.476 e. The van der Waals surface area contributed by atoms with Gasteiger partial charge in [-0.2, -0.15) is 4.98 Å². The molecule has 19 heavy (non-hydrogen) atoms. The Kier molecular flexibility index (Phi) is 3.15. The van der Waals surface area contributed by atoms with Crippen molar-refractivity contribution < 1.29 is 24.0 Å². The van der Waals surface area contributed by atoms with Crippen LogP contribution in [0, 0.1) is 17.0 Å². The van der Waals surface area contributed by atoms with Crippen molar-refractivity contribution in [2.75, 3.05) is 0 Å². The van der Waals surface area contributed by atoms with Gasteiger partial charge in [-0.25, -0.2) is 4.79 Å². The van der Waals surface area contributed by atoms with E-state index in [1.165, 1.54) is 12.1 Å². The van der Waals surface area contributed by atoms with Gasteiger partial charge in [0, 0.05) is 6.07 Å². The quantitative estimate of drug-likeness (QED) is 0.665. The van der Waals surface area contributed by atoms with Gasteiger partial charge in [-0.3, -0.25) is 10.1 Å². The van der Waals surface area contributed by atoms with Gasteiger partial charge >= 0.3 is 17.7 Å². The van der Waals surface area contributed by atoms with E-state index >= 15 is 0 Å².